The number of halogens is 2. The average molecular weight is 491 g/mol. The lowest BCUT2D eigenvalue weighted by atomic mass is 10.1. The van der Waals surface area contributed by atoms with Gasteiger partial charge in [0.2, 0.25) is 5.91 Å². The van der Waals surface area contributed by atoms with E-state index in [1.807, 2.05) is 20.8 Å². The van der Waals surface area contributed by atoms with Crippen LogP contribution in [0.15, 0.2) is 18.2 Å². The highest BCUT2D eigenvalue weighted by molar-refractivity contribution is 5.80. The number of nitrogens with zero attached hydrogens (tertiary/aromatic N) is 2. The Morgan fingerprint density at radius 3 is 2.57 bits per heavy atom. The number of rotatable bonds is 7. The van der Waals surface area contributed by atoms with Gasteiger partial charge in [-0.05, 0) is 32.8 Å². The van der Waals surface area contributed by atoms with Gasteiger partial charge in [-0.1, -0.05) is 26.0 Å². The zero-order valence-corrected chi connectivity index (χ0v) is 20.5. The van der Waals surface area contributed by atoms with Crippen LogP contribution in [0.5, 0.6) is 5.75 Å². The van der Waals surface area contributed by atoms with Crippen LogP contribution in [0.3, 0.4) is 0 Å². The van der Waals surface area contributed by atoms with Crippen molar-refractivity contribution in [2.24, 2.45) is 0 Å². The van der Waals surface area contributed by atoms with Crippen LogP contribution in [0.2, 0.25) is 0 Å². The average Bonchev–Trinajstić information content (AvgIpc) is 3.19. The number of aryl methyl sites for hydroxylation is 1. The number of alkyl halides is 2. The summed E-state index contributed by atoms with van der Waals surface area (Å²) in [5, 5.41) is 6.25. The third-order valence-corrected chi connectivity index (χ3v) is 6.10. The van der Waals surface area contributed by atoms with Gasteiger partial charge in [-0.3, -0.25) is 4.79 Å². The lowest BCUT2D eigenvalue weighted by Crippen LogP contribution is -2.36. The lowest BCUT2D eigenvalue weighted by Gasteiger charge is -2.20. The molecule has 1 aromatic carbocycles. The maximum Gasteiger partial charge on any atom is 0.310 e. The van der Waals surface area contributed by atoms with Crippen LogP contribution in [0.1, 0.15) is 68.1 Å². The van der Waals surface area contributed by atoms with Crippen molar-refractivity contribution in [3.05, 3.63) is 46.4 Å². The highest BCUT2D eigenvalue weighted by atomic mass is 19.3. The fraction of sp³-hybridized carbons (Fsp3) is 0.560. The van der Waals surface area contributed by atoms with Gasteiger partial charge < -0.3 is 24.8 Å². The Hall–Kier alpha value is -2.85. The molecule has 5 rings (SSSR count). The van der Waals surface area contributed by atoms with Crippen molar-refractivity contribution in [2.45, 2.75) is 71.3 Å². The molecule has 3 heterocycles. The Morgan fingerprint density at radius 1 is 1.17 bits per heavy atom. The molecular formula is C25H32F2N4O4. The van der Waals surface area contributed by atoms with Gasteiger partial charge in [0.25, 0.3) is 0 Å². The summed E-state index contributed by atoms with van der Waals surface area (Å²) in [4.78, 5) is 21.7. The number of benzene rings is 1. The summed E-state index contributed by atoms with van der Waals surface area (Å²) in [5.74, 6) is -2.03. The van der Waals surface area contributed by atoms with E-state index >= 15 is 0 Å². The normalized spacial score (nSPS) is 19.3. The summed E-state index contributed by atoms with van der Waals surface area (Å²) >= 11 is 0. The predicted octanol–water partition coefficient (Wildman–Crippen LogP) is 4.16. The molecule has 1 aromatic heterocycles. The van der Waals surface area contributed by atoms with E-state index < -0.39 is 18.8 Å². The zero-order valence-electron chi connectivity index (χ0n) is 20.5. The molecule has 10 heteroatoms. The second-order valence-corrected chi connectivity index (χ2v) is 8.98. The van der Waals surface area contributed by atoms with Gasteiger partial charge in [-0.2, -0.15) is 8.78 Å². The molecule has 8 nitrogen and oxygen atoms in total. The van der Waals surface area contributed by atoms with Gasteiger partial charge in [-0.15, -0.1) is 0 Å². The van der Waals surface area contributed by atoms with E-state index in [2.05, 4.69) is 20.6 Å². The molecule has 0 atom stereocenters. The van der Waals surface area contributed by atoms with Gasteiger partial charge in [0.15, 0.2) is 12.9 Å². The van der Waals surface area contributed by atoms with Crippen molar-refractivity contribution in [1.29, 1.82) is 0 Å². The first-order valence-electron chi connectivity index (χ1n) is 12.0. The van der Waals surface area contributed by atoms with Crippen molar-refractivity contribution in [3.63, 3.8) is 0 Å². The first-order valence-corrected chi connectivity index (χ1v) is 12.0. The monoisotopic (exact) mass is 490 g/mol. The van der Waals surface area contributed by atoms with Gasteiger partial charge in [0.05, 0.1) is 36.5 Å². The van der Waals surface area contributed by atoms with E-state index in [1.165, 1.54) is 6.07 Å². The van der Waals surface area contributed by atoms with Crippen molar-refractivity contribution in [1.82, 2.24) is 15.3 Å². The fourth-order valence-electron chi connectivity index (χ4n) is 4.13. The second kappa shape index (κ2) is 10.0. The maximum absolute atomic E-state index is 14.1. The molecule has 2 aromatic rings. The van der Waals surface area contributed by atoms with Gasteiger partial charge in [-0.25, -0.2) is 9.97 Å². The van der Waals surface area contributed by atoms with Crippen LogP contribution < -0.4 is 15.4 Å². The molecule has 35 heavy (non-hydrogen) atoms. The molecule has 2 aliphatic heterocycles. The van der Waals surface area contributed by atoms with Gasteiger partial charge in [0.1, 0.15) is 17.4 Å². The number of hydrogen-bond donors (Lipinski definition) is 2. The highest BCUT2D eigenvalue weighted by Gasteiger charge is 2.42. The standard InChI is InChI=1S/C23H26F2N4O4.C2H6/c1-13-27-16(10-17(30)29-22(2)6-7-22)18(21-31-8-9-32-21)20(28-13)26-11-14-4-3-5-15-19(14)33-12-23(15,24)25;1-2/h3-5,21H,6-12H2,1-2H3,(H,29,30)(H,26,27,28);1-2H3. The molecule has 0 bridgehead atoms. The third-order valence-electron chi connectivity index (χ3n) is 6.10. The third kappa shape index (κ3) is 5.54. The molecule has 1 aliphatic carbocycles. The Labute approximate surface area is 203 Å². The molecule has 190 valence electrons. The van der Waals surface area contributed by atoms with E-state index in [9.17, 15) is 13.6 Å². The van der Waals surface area contributed by atoms with Crippen LogP contribution >= 0.6 is 0 Å². The van der Waals surface area contributed by atoms with Gasteiger partial charge in [0, 0.05) is 17.6 Å². The summed E-state index contributed by atoms with van der Waals surface area (Å²) in [6.45, 7) is 8.10. The first-order chi connectivity index (χ1) is 16.7. The Bertz CT molecular complexity index is 1090. The van der Waals surface area contributed by atoms with Gasteiger partial charge >= 0.3 is 5.92 Å². The topological polar surface area (TPSA) is 94.6 Å². The first kappa shape index (κ1) is 25.2. The van der Waals surface area contributed by atoms with Crippen LogP contribution in [-0.4, -0.2) is 41.2 Å². The minimum atomic E-state index is -3.01. The summed E-state index contributed by atoms with van der Waals surface area (Å²) in [5.41, 5.74) is 1.39. The fourth-order valence-corrected chi connectivity index (χ4v) is 4.13. The van der Waals surface area contributed by atoms with Crippen molar-refractivity contribution >= 4 is 11.7 Å². The molecular weight excluding hydrogens is 458 g/mol. The highest BCUT2D eigenvalue weighted by Crippen LogP contribution is 2.43. The minimum Gasteiger partial charge on any atom is -0.486 e. The molecule has 0 spiro atoms. The summed E-state index contributed by atoms with van der Waals surface area (Å²) in [6, 6.07) is 4.69. The Kier molecular flexibility index (Phi) is 7.23. The largest absolute Gasteiger partial charge is 0.486 e. The molecule has 0 radical (unpaired) electrons. The second-order valence-electron chi connectivity index (χ2n) is 8.98. The van der Waals surface area contributed by atoms with E-state index in [1.54, 1.807) is 19.1 Å². The number of amides is 1. The molecule has 0 unspecified atom stereocenters. The molecule has 2 N–H and O–H groups in total. The van der Waals surface area contributed by atoms with Crippen molar-refractivity contribution in [3.8, 4) is 5.75 Å². The number of hydrogen-bond acceptors (Lipinski definition) is 7. The van der Waals surface area contributed by atoms with Crippen LogP contribution in [0.4, 0.5) is 14.6 Å². The summed E-state index contributed by atoms with van der Waals surface area (Å²) < 4.78 is 44.8. The number of aromatic nitrogens is 2. The minimum absolute atomic E-state index is 0.0578. The van der Waals surface area contributed by atoms with Crippen LogP contribution in [-0.2, 0) is 33.2 Å². The molecule has 1 saturated heterocycles. The van der Waals surface area contributed by atoms with Crippen LogP contribution in [0.25, 0.3) is 0 Å². The SMILES string of the molecule is CC.Cc1nc(CC(=O)NC2(C)CC2)c(C2OCCO2)c(NCc2cccc3c2OCC3(F)F)n1. The quantitative estimate of drug-likeness (QED) is 0.602. The smallest absolute Gasteiger partial charge is 0.310 e. The molecule has 1 saturated carbocycles. The summed E-state index contributed by atoms with van der Waals surface area (Å²) in [7, 11) is 0. The zero-order chi connectivity index (χ0) is 25.2. The lowest BCUT2D eigenvalue weighted by molar-refractivity contribution is -0.121. The molecule has 1 amide bonds. The van der Waals surface area contributed by atoms with E-state index in [0.717, 1.165) is 12.8 Å². The van der Waals surface area contributed by atoms with E-state index in [4.69, 9.17) is 14.2 Å². The number of anilines is 1. The number of ether oxygens (including phenoxy) is 3. The number of nitrogens with one attached hydrogen (secondary N) is 2. The number of fused-ring (bicyclic) bond motifs is 1. The predicted molar refractivity (Wildman–Crippen MR) is 125 cm³/mol. The Balaban J connectivity index is 0.00000141. The number of carbonyl (C=O) groups excluding carboxylic acids is 1. The Morgan fingerprint density at radius 2 is 1.89 bits per heavy atom. The van der Waals surface area contributed by atoms with E-state index in [-0.39, 0.29) is 35.7 Å². The molecule has 3 aliphatic rings. The summed E-state index contributed by atoms with van der Waals surface area (Å²) in [6.07, 6.45) is 1.26. The molecule has 2 fully saturated rings. The number of para-hydroxylation sites is 1. The number of carbonyl (C=O) groups is 1. The van der Waals surface area contributed by atoms with Crippen LogP contribution in [0, 0.1) is 6.92 Å². The van der Waals surface area contributed by atoms with Crippen molar-refractivity contribution in [2.75, 3.05) is 25.1 Å². The van der Waals surface area contributed by atoms with E-state index in [0.29, 0.717) is 41.7 Å². The van der Waals surface area contributed by atoms with Crippen molar-refractivity contribution < 1.29 is 27.8 Å². The maximum atomic E-state index is 14.1.